The third kappa shape index (κ3) is 7.47. The van der Waals surface area contributed by atoms with E-state index in [2.05, 4.69) is 15.6 Å². The molecule has 0 bridgehead atoms. The number of rotatable bonds is 11. The van der Waals surface area contributed by atoms with Crippen LogP contribution in [0.25, 0.3) is 0 Å². The topological polar surface area (TPSA) is 111 Å². The monoisotopic (exact) mass is 616 g/mol. The molecule has 2 fully saturated rings. The van der Waals surface area contributed by atoms with Gasteiger partial charge in [-0.05, 0) is 43.2 Å². The van der Waals surface area contributed by atoms with E-state index in [0.717, 1.165) is 47.6 Å². The molecule has 0 radical (unpaired) electrons. The van der Waals surface area contributed by atoms with Gasteiger partial charge in [0.25, 0.3) is 5.91 Å². The Kier molecular flexibility index (Phi) is 8.73. The van der Waals surface area contributed by atoms with E-state index in [1.807, 2.05) is 6.19 Å². The van der Waals surface area contributed by atoms with E-state index in [1.165, 1.54) is 31.6 Å². The molecular weight excluding hydrogens is 583 g/mol. The Labute approximate surface area is 240 Å². The smallest absolute Gasteiger partial charge is 0.310 e. The molecule has 1 aliphatic heterocycles. The van der Waals surface area contributed by atoms with Crippen LogP contribution in [0.15, 0.2) is 53.7 Å². The Balaban J connectivity index is 1.72. The maximum Gasteiger partial charge on any atom is 0.310 e. The van der Waals surface area contributed by atoms with Crippen molar-refractivity contribution in [2.24, 2.45) is 0 Å². The molecule has 230 valence electrons. The normalized spacial score (nSPS) is 21.7. The number of carbonyl (C=O) groups is 2. The highest BCUT2D eigenvalue weighted by Crippen LogP contribution is 3.02. The van der Waals surface area contributed by atoms with Gasteiger partial charge in [0.15, 0.2) is 6.19 Å². The Bertz CT molecular complexity index is 1310. The molecule has 2 amide bonds. The molecule has 1 saturated heterocycles. The molecule has 1 aliphatic carbocycles. The molecule has 2 aromatic rings. The highest BCUT2D eigenvalue weighted by Gasteiger charge is 2.65. The van der Waals surface area contributed by atoms with Crippen LogP contribution < -0.4 is 15.5 Å². The van der Waals surface area contributed by atoms with Crippen molar-refractivity contribution >= 4 is 27.7 Å². The zero-order valence-electron chi connectivity index (χ0n) is 22.9. The summed E-state index contributed by atoms with van der Waals surface area (Å²) < 4.78 is 72.7. The van der Waals surface area contributed by atoms with E-state index in [9.17, 15) is 34.3 Å². The van der Waals surface area contributed by atoms with Crippen molar-refractivity contribution in [1.82, 2.24) is 20.5 Å². The van der Waals surface area contributed by atoms with Gasteiger partial charge in [0.1, 0.15) is 17.0 Å². The molecule has 3 atom stereocenters. The van der Waals surface area contributed by atoms with Crippen molar-refractivity contribution in [3.05, 3.63) is 54.4 Å². The Morgan fingerprint density at radius 1 is 1.14 bits per heavy atom. The second kappa shape index (κ2) is 11.7. The summed E-state index contributed by atoms with van der Waals surface area (Å²) in [5.41, 5.74) is -0.00821. The van der Waals surface area contributed by atoms with Crippen LogP contribution in [0.1, 0.15) is 43.7 Å². The maximum atomic E-state index is 14.1. The second-order valence-electron chi connectivity index (χ2n) is 10.4. The third-order valence-electron chi connectivity index (χ3n) is 7.53. The van der Waals surface area contributed by atoms with Crippen LogP contribution in [0.3, 0.4) is 0 Å². The number of hydrogen-bond acceptors (Lipinski definition) is 7. The number of carbonyl (C=O) groups excluding carboxylic acids is 2. The van der Waals surface area contributed by atoms with Crippen LogP contribution in [0.4, 0.5) is 25.1 Å². The SMILES string of the molecule is CO[C@@H]1C[C@H](C(=O)N(c2ccc(S(F)(F)(F)(F)F)cc2)C(C(=O)NCCNC2CCCC2)c2cccnc2)N(C#N)C1. The molecule has 1 saturated carbocycles. The third-order valence-corrected chi connectivity index (χ3v) is 8.69. The largest absolute Gasteiger partial charge is 0.379 e. The highest BCUT2D eigenvalue weighted by atomic mass is 32.5. The lowest BCUT2D eigenvalue weighted by atomic mass is 10.0. The lowest BCUT2D eigenvalue weighted by Gasteiger charge is -2.41. The van der Waals surface area contributed by atoms with Gasteiger partial charge in [-0.2, -0.15) is 5.26 Å². The van der Waals surface area contributed by atoms with Gasteiger partial charge in [0, 0.05) is 56.3 Å². The van der Waals surface area contributed by atoms with Crippen molar-refractivity contribution in [1.29, 1.82) is 5.26 Å². The molecule has 1 aromatic carbocycles. The van der Waals surface area contributed by atoms with Gasteiger partial charge < -0.3 is 15.4 Å². The summed E-state index contributed by atoms with van der Waals surface area (Å²) >= 11 is 0. The maximum absolute atomic E-state index is 14.1. The fourth-order valence-electron chi connectivity index (χ4n) is 5.38. The van der Waals surface area contributed by atoms with Crippen LogP contribution >= 0.6 is 10.2 Å². The zero-order valence-corrected chi connectivity index (χ0v) is 23.7. The lowest BCUT2D eigenvalue weighted by Crippen LogP contribution is -2.50. The van der Waals surface area contributed by atoms with Crippen LogP contribution in [0.5, 0.6) is 0 Å². The van der Waals surface area contributed by atoms with Gasteiger partial charge in [-0.25, -0.2) is 0 Å². The van der Waals surface area contributed by atoms with E-state index < -0.39 is 45.1 Å². The summed E-state index contributed by atoms with van der Waals surface area (Å²) in [6.45, 7) is 0.719. The number of likely N-dealkylation sites (tertiary alicyclic amines) is 1. The predicted molar refractivity (Wildman–Crippen MR) is 147 cm³/mol. The number of nitriles is 1. The fourth-order valence-corrected chi connectivity index (χ4v) is 6.04. The number of hydrogen-bond donors (Lipinski definition) is 2. The van der Waals surface area contributed by atoms with Gasteiger partial charge in [-0.3, -0.25) is 24.4 Å². The summed E-state index contributed by atoms with van der Waals surface area (Å²) in [4.78, 5) is 31.8. The fraction of sp³-hybridized carbons (Fsp3) is 0.481. The number of ether oxygens (including phenoxy) is 1. The molecule has 2 aliphatic rings. The van der Waals surface area contributed by atoms with E-state index >= 15 is 0 Å². The zero-order chi connectivity index (χ0) is 30.6. The van der Waals surface area contributed by atoms with Gasteiger partial charge >= 0.3 is 10.2 Å². The lowest BCUT2D eigenvalue weighted by molar-refractivity contribution is -0.128. The number of nitrogens with zero attached hydrogens (tertiary/aromatic N) is 4. The highest BCUT2D eigenvalue weighted by molar-refractivity contribution is 8.45. The average molecular weight is 617 g/mol. The minimum Gasteiger partial charge on any atom is -0.379 e. The minimum absolute atomic E-state index is 0.0651. The molecular formula is C27H33F5N6O3S. The Morgan fingerprint density at radius 3 is 2.40 bits per heavy atom. The molecule has 2 heterocycles. The second-order valence-corrected chi connectivity index (χ2v) is 12.9. The quantitative estimate of drug-likeness (QED) is 0.207. The van der Waals surface area contributed by atoms with Crippen LogP contribution in [0, 0.1) is 11.5 Å². The van der Waals surface area contributed by atoms with Crippen LogP contribution in [-0.4, -0.2) is 66.6 Å². The molecule has 1 unspecified atom stereocenters. The first-order valence-corrected chi connectivity index (χ1v) is 15.4. The predicted octanol–water partition coefficient (Wildman–Crippen LogP) is 5.03. The number of benzene rings is 1. The van der Waals surface area contributed by atoms with Crippen molar-refractivity contribution in [3.8, 4) is 6.19 Å². The molecule has 1 aromatic heterocycles. The molecule has 4 rings (SSSR count). The number of nitrogens with one attached hydrogen (secondary N) is 2. The first kappa shape index (κ1) is 31.5. The number of amides is 2. The van der Waals surface area contributed by atoms with E-state index in [0.29, 0.717) is 12.6 Å². The molecule has 42 heavy (non-hydrogen) atoms. The summed E-state index contributed by atoms with van der Waals surface area (Å²) in [6, 6.07) is 2.66. The van der Waals surface area contributed by atoms with Crippen molar-refractivity contribution in [3.63, 3.8) is 0 Å². The van der Waals surface area contributed by atoms with Gasteiger partial charge in [-0.1, -0.05) is 38.3 Å². The molecule has 15 heteroatoms. The number of aromatic nitrogens is 1. The molecule has 9 nitrogen and oxygen atoms in total. The van der Waals surface area contributed by atoms with Crippen LogP contribution in [0.2, 0.25) is 0 Å². The average Bonchev–Trinajstić information content (AvgIpc) is 3.63. The van der Waals surface area contributed by atoms with Crippen LogP contribution in [-0.2, 0) is 14.3 Å². The van der Waals surface area contributed by atoms with Gasteiger partial charge in [0.2, 0.25) is 5.91 Å². The Hall–Kier alpha value is -3.48. The summed E-state index contributed by atoms with van der Waals surface area (Å²) in [6.07, 6.45) is 8.57. The Morgan fingerprint density at radius 2 is 1.83 bits per heavy atom. The number of anilines is 1. The summed E-state index contributed by atoms with van der Waals surface area (Å²) in [5.74, 6) is -1.45. The summed E-state index contributed by atoms with van der Waals surface area (Å²) in [7, 11) is -8.60. The van der Waals surface area contributed by atoms with E-state index in [1.54, 1.807) is 0 Å². The first-order chi connectivity index (χ1) is 19.7. The number of pyridine rings is 1. The van der Waals surface area contributed by atoms with Gasteiger partial charge in [-0.15, -0.1) is 0 Å². The standard InChI is InChI=1S/C27H33F5N6O3S/c1-41-22-15-24(37(17-22)18-33)27(40)38(21-8-10-23(11-9-21)42(28,29,30,31)32)25(19-5-4-12-34-16-19)26(39)36-14-13-35-20-6-2-3-7-20/h4-5,8-12,16,20,22,24-25,35H,2-3,6-7,13-15,17H2,1H3,(H,36,39)/t22-,24-,25?/m1/s1. The van der Waals surface area contributed by atoms with E-state index in [-0.39, 0.29) is 42.9 Å². The number of halogens is 5. The first-order valence-electron chi connectivity index (χ1n) is 13.5. The van der Waals surface area contributed by atoms with Crippen molar-refractivity contribution in [2.75, 3.05) is 31.6 Å². The molecule has 0 spiro atoms. The van der Waals surface area contributed by atoms with Crippen molar-refractivity contribution in [2.45, 2.75) is 61.2 Å². The van der Waals surface area contributed by atoms with Gasteiger partial charge in [0.05, 0.1) is 12.6 Å². The van der Waals surface area contributed by atoms with E-state index in [4.69, 9.17) is 4.74 Å². The molecule has 2 N–H and O–H groups in total. The van der Waals surface area contributed by atoms with Crippen molar-refractivity contribution < 1.29 is 33.8 Å². The number of methoxy groups -OCH3 is 1. The minimum atomic E-state index is -10.0. The summed E-state index contributed by atoms with van der Waals surface area (Å²) in [5, 5.41) is 15.8.